The molecule has 0 radical (unpaired) electrons. The molecule has 1 saturated carbocycles. The number of hydrogen-bond donors (Lipinski definition) is 4. The lowest BCUT2D eigenvalue weighted by atomic mass is 9.86. The molecule has 1 aliphatic rings. The molecule has 0 bridgehead atoms. The summed E-state index contributed by atoms with van der Waals surface area (Å²) in [5, 5.41) is 26.0. The van der Waals surface area contributed by atoms with E-state index >= 15 is 0 Å². The van der Waals surface area contributed by atoms with Crippen LogP contribution in [0.15, 0.2) is 23.6 Å². The number of nitrogens with zero attached hydrogens (tertiary/aromatic N) is 1. The first-order chi connectivity index (χ1) is 16.7. The molecule has 0 spiro atoms. The molecule has 3 aromatic rings. The Morgan fingerprint density at radius 1 is 1.28 bits per heavy atom. The highest BCUT2D eigenvalue weighted by atomic mass is 127. The van der Waals surface area contributed by atoms with Gasteiger partial charge in [-0.15, -0.1) is 11.3 Å². The second kappa shape index (κ2) is 9.60. The molecule has 1 aliphatic carbocycles. The van der Waals surface area contributed by atoms with Crippen LogP contribution in [0.5, 0.6) is 0 Å². The predicted octanol–water partition coefficient (Wildman–Crippen LogP) is 5.47. The van der Waals surface area contributed by atoms with Crippen LogP contribution in [0, 0.1) is 9.12 Å². The minimum atomic E-state index is -1.12. The van der Waals surface area contributed by atoms with Gasteiger partial charge in [0.1, 0.15) is 16.7 Å². The van der Waals surface area contributed by atoms with E-state index in [0.717, 1.165) is 37.8 Å². The number of nitrogens with one attached hydrogen (secondary N) is 2. The lowest BCUT2D eigenvalue weighted by Gasteiger charge is -2.25. The monoisotopic (exact) mass is 625 g/mol. The number of halogens is 1. The summed E-state index contributed by atoms with van der Waals surface area (Å²) in [5.74, 6) is -1.10. The molecule has 1 unspecified atom stereocenters. The maximum atomic E-state index is 12.4. The van der Waals surface area contributed by atoms with E-state index < -0.39 is 29.1 Å². The summed E-state index contributed by atoms with van der Waals surface area (Å²) in [6.45, 7) is 9.38. The summed E-state index contributed by atoms with van der Waals surface area (Å²) in [6, 6.07) is 5.01. The number of benzene rings is 1. The number of H-pyrrole nitrogens is 1. The highest BCUT2D eigenvalue weighted by molar-refractivity contribution is 14.1. The number of carboxylic acid groups (broad SMARTS) is 1. The number of hydrogen-bond acceptors (Lipinski definition) is 6. The van der Waals surface area contributed by atoms with Gasteiger partial charge in [-0.2, -0.15) is 0 Å². The zero-order valence-corrected chi connectivity index (χ0v) is 24.0. The molecule has 194 valence electrons. The van der Waals surface area contributed by atoms with Gasteiger partial charge >= 0.3 is 12.1 Å². The molecular weight excluding hydrogens is 593 g/mol. The van der Waals surface area contributed by atoms with Crippen molar-refractivity contribution in [1.29, 1.82) is 0 Å². The van der Waals surface area contributed by atoms with Crippen molar-refractivity contribution in [2.24, 2.45) is 5.41 Å². The molecule has 4 rings (SSSR count). The third kappa shape index (κ3) is 5.55. The maximum Gasteiger partial charge on any atom is 0.408 e. The summed E-state index contributed by atoms with van der Waals surface area (Å²) in [7, 11) is 0. The SMILES string of the molecule is CC(C)(CO)Cc1c(I)[nH]c2ccc(-c3csc(C4(C(NC(=O)OC(C)(C)C)C(=O)O)CC4)n3)cc12. The zero-order chi connectivity index (χ0) is 26.5. The zero-order valence-electron chi connectivity index (χ0n) is 21.1. The first kappa shape index (κ1) is 26.9. The standard InChI is InChI=1S/C26H32IN3O5S/c1-24(2,3)35-23(34)30-19(21(32)33)26(8-9-26)22-29-18(12-36-22)14-6-7-17-15(10-14)16(20(27)28-17)11-25(4,5)13-31/h6-7,10,12,19,28,31H,8-9,11,13H2,1-5H3,(H,30,34)(H,32,33). The molecule has 1 amide bonds. The number of carbonyl (C=O) groups is 2. The molecule has 8 nitrogen and oxygen atoms in total. The van der Waals surface area contributed by atoms with Crippen LogP contribution >= 0.6 is 33.9 Å². The van der Waals surface area contributed by atoms with E-state index in [0.29, 0.717) is 17.8 Å². The molecule has 2 aromatic heterocycles. The molecular formula is C26H32IN3O5S. The van der Waals surface area contributed by atoms with Crippen molar-refractivity contribution in [2.75, 3.05) is 6.61 Å². The number of rotatable bonds is 8. The average Bonchev–Trinajstić information content (AvgIpc) is 3.31. The topological polar surface area (TPSA) is 125 Å². The smallest absolute Gasteiger partial charge is 0.408 e. The molecule has 4 N–H and O–H groups in total. The van der Waals surface area contributed by atoms with Crippen LogP contribution < -0.4 is 5.32 Å². The second-order valence-corrected chi connectivity index (χ2v) is 13.2. The average molecular weight is 626 g/mol. The quantitative estimate of drug-likeness (QED) is 0.246. The number of carbonyl (C=O) groups excluding carboxylic acids is 1. The fourth-order valence-electron chi connectivity index (χ4n) is 4.34. The van der Waals surface area contributed by atoms with Gasteiger partial charge in [-0.25, -0.2) is 14.6 Å². The summed E-state index contributed by atoms with van der Waals surface area (Å²) in [6.07, 6.45) is 1.24. The van der Waals surface area contributed by atoms with Gasteiger partial charge in [0.05, 0.1) is 14.8 Å². The number of aliphatic hydroxyl groups is 1. The molecule has 0 aliphatic heterocycles. The number of alkyl carbamates (subject to hydrolysis) is 1. The van der Waals surface area contributed by atoms with Crippen molar-refractivity contribution in [1.82, 2.24) is 15.3 Å². The van der Waals surface area contributed by atoms with Gasteiger partial charge in [-0.3, -0.25) is 0 Å². The number of amides is 1. The van der Waals surface area contributed by atoms with Crippen molar-refractivity contribution in [3.63, 3.8) is 0 Å². The maximum absolute atomic E-state index is 12.4. The molecule has 1 aromatic carbocycles. The van der Waals surface area contributed by atoms with E-state index in [1.807, 2.05) is 31.4 Å². The Morgan fingerprint density at radius 2 is 1.97 bits per heavy atom. The molecule has 1 atom stereocenters. The Balaban J connectivity index is 1.63. The Hall–Kier alpha value is -2.18. The van der Waals surface area contributed by atoms with Crippen molar-refractivity contribution < 1.29 is 24.5 Å². The van der Waals surface area contributed by atoms with Crippen LogP contribution in [-0.2, 0) is 21.4 Å². The third-order valence-corrected chi connectivity index (χ3v) is 8.40. The number of aliphatic carboxylic acids is 1. The summed E-state index contributed by atoms with van der Waals surface area (Å²) < 4.78 is 6.35. The predicted molar refractivity (Wildman–Crippen MR) is 148 cm³/mol. The summed E-state index contributed by atoms with van der Waals surface area (Å²) >= 11 is 3.72. The first-order valence-corrected chi connectivity index (χ1v) is 13.8. The molecule has 1 fully saturated rings. The molecule has 0 saturated heterocycles. The minimum Gasteiger partial charge on any atom is -0.480 e. The normalized spacial score (nSPS) is 16.1. The van der Waals surface area contributed by atoms with Gasteiger partial charge < -0.3 is 25.3 Å². The highest BCUT2D eigenvalue weighted by Crippen LogP contribution is 2.52. The minimum absolute atomic E-state index is 0.0923. The van der Waals surface area contributed by atoms with Gasteiger partial charge in [-0.05, 0) is 85.7 Å². The van der Waals surface area contributed by atoms with E-state index in [1.165, 1.54) is 11.3 Å². The van der Waals surface area contributed by atoms with Crippen molar-refractivity contribution in [2.45, 2.75) is 70.9 Å². The number of aromatic nitrogens is 2. The van der Waals surface area contributed by atoms with Crippen molar-refractivity contribution in [3.8, 4) is 11.3 Å². The number of aliphatic hydroxyl groups excluding tert-OH is 1. The molecule has 2 heterocycles. The van der Waals surface area contributed by atoms with Crippen LogP contribution in [0.1, 0.15) is 58.0 Å². The number of fused-ring (bicyclic) bond motifs is 1. The Kier molecular flexibility index (Phi) is 7.17. The van der Waals surface area contributed by atoms with Crippen molar-refractivity contribution in [3.05, 3.63) is 37.9 Å². The van der Waals surface area contributed by atoms with Crippen LogP contribution in [-0.4, -0.2) is 50.5 Å². The van der Waals surface area contributed by atoms with Crippen LogP contribution in [0.3, 0.4) is 0 Å². The first-order valence-electron chi connectivity index (χ1n) is 11.8. The van der Waals surface area contributed by atoms with Gasteiger partial charge in [0, 0.05) is 28.5 Å². The largest absolute Gasteiger partial charge is 0.480 e. The molecule has 36 heavy (non-hydrogen) atoms. The van der Waals surface area contributed by atoms with Gasteiger partial charge in [-0.1, -0.05) is 19.9 Å². The van der Waals surface area contributed by atoms with Gasteiger partial charge in [0.15, 0.2) is 0 Å². The number of aromatic amines is 1. The Labute approximate surface area is 228 Å². The second-order valence-electron chi connectivity index (χ2n) is 11.3. The number of ether oxygens (including phenoxy) is 1. The van der Waals surface area contributed by atoms with Crippen LogP contribution in [0.4, 0.5) is 4.79 Å². The van der Waals surface area contributed by atoms with E-state index in [4.69, 9.17) is 9.72 Å². The van der Waals surface area contributed by atoms with E-state index in [9.17, 15) is 19.8 Å². The Morgan fingerprint density at radius 3 is 2.56 bits per heavy atom. The third-order valence-electron chi connectivity index (χ3n) is 6.41. The lowest BCUT2D eigenvalue weighted by Crippen LogP contribution is -2.50. The number of thiazole rings is 1. The fourth-order valence-corrected chi connectivity index (χ4v) is 6.23. The van der Waals surface area contributed by atoms with E-state index in [-0.39, 0.29) is 12.0 Å². The number of carboxylic acids is 1. The van der Waals surface area contributed by atoms with Gasteiger partial charge in [0.25, 0.3) is 0 Å². The summed E-state index contributed by atoms with van der Waals surface area (Å²) in [4.78, 5) is 32.8. The van der Waals surface area contributed by atoms with Gasteiger partial charge in [0.2, 0.25) is 0 Å². The fraction of sp³-hybridized carbons (Fsp3) is 0.500. The highest BCUT2D eigenvalue weighted by Gasteiger charge is 2.57. The lowest BCUT2D eigenvalue weighted by molar-refractivity contribution is -0.140. The Bertz CT molecular complexity index is 1300. The van der Waals surface area contributed by atoms with Crippen LogP contribution in [0.2, 0.25) is 0 Å². The van der Waals surface area contributed by atoms with Crippen LogP contribution in [0.25, 0.3) is 22.2 Å². The van der Waals surface area contributed by atoms with E-state index in [1.54, 1.807) is 20.8 Å². The molecule has 10 heteroatoms. The summed E-state index contributed by atoms with van der Waals surface area (Å²) in [5.41, 5.74) is 2.18. The van der Waals surface area contributed by atoms with Crippen molar-refractivity contribution >= 4 is 56.9 Å². The van der Waals surface area contributed by atoms with E-state index in [2.05, 4.69) is 39.0 Å².